The van der Waals surface area contributed by atoms with E-state index in [2.05, 4.69) is 13.8 Å². The molecule has 0 bridgehead atoms. The minimum Gasteiger partial charge on any atom is -0.507 e. The summed E-state index contributed by atoms with van der Waals surface area (Å²) in [5, 5.41) is 18.8. The summed E-state index contributed by atoms with van der Waals surface area (Å²) in [6.07, 6.45) is 1.80. The molecule has 0 amide bonds. The van der Waals surface area contributed by atoms with Gasteiger partial charge in [-0.2, -0.15) is 0 Å². The molecular weight excluding hydrogens is 248 g/mol. The number of hydrogen-bond acceptors (Lipinski definition) is 2. The first-order valence-electron chi connectivity index (χ1n) is 7.06. The van der Waals surface area contributed by atoms with Crippen LogP contribution in [0.4, 0.5) is 0 Å². The number of phenolic OH excluding ortho intramolecular Hbond substituents is 2. The number of phenols is 2. The Kier molecular flexibility index (Phi) is 6.10. The maximum atomic E-state index is 9.59. The molecule has 0 unspecified atom stereocenters. The fourth-order valence-electron chi connectivity index (χ4n) is 2.02. The lowest BCUT2D eigenvalue weighted by Gasteiger charge is -2.05. The molecule has 0 aliphatic rings. The summed E-state index contributed by atoms with van der Waals surface area (Å²) in [6.45, 7) is 7.88. The Bertz CT molecular complexity index is 517. The normalized spacial score (nSPS) is 9.80. The van der Waals surface area contributed by atoms with E-state index in [1.54, 1.807) is 0 Å². The molecule has 2 rings (SSSR count). The average Bonchev–Trinajstić information content (AvgIpc) is 2.45. The maximum Gasteiger partial charge on any atom is 0.121 e. The van der Waals surface area contributed by atoms with Gasteiger partial charge in [-0.1, -0.05) is 50.2 Å². The van der Waals surface area contributed by atoms with E-state index >= 15 is 0 Å². The Balaban J connectivity index is 0.000000204. The lowest BCUT2D eigenvalue weighted by Crippen LogP contribution is -1.86. The smallest absolute Gasteiger partial charge is 0.121 e. The van der Waals surface area contributed by atoms with Crippen molar-refractivity contribution in [3.05, 3.63) is 58.7 Å². The van der Waals surface area contributed by atoms with E-state index in [-0.39, 0.29) is 0 Å². The van der Waals surface area contributed by atoms with Gasteiger partial charge in [-0.3, -0.25) is 0 Å². The van der Waals surface area contributed by atoms with Crippen molar-refractivity contribution in [3.8, 4) is 11.5 Å². The lowest BCUT2D eigenvalue weighted by molar-refractivity contribution is 0.462. The molecule has 0 atom stereocenters. The number of para-hydroxylation sites is 2. The van der Waals surface area contributed by atoms with Crippen molar-refractivity contribution in [1.29, 1.82) is 0 Å². The van der Waals surface area contributed by atoms with Crippen LogP contribution in [0.15, 0.2) is 36.4 Å². The zero-order valence-electron chi connectivity index (χ0n) is 12.8. The molecule has 2 nitrogen and oxygen atoms in total. The minimum atomic E-state index is 0.414. The number of benzene rings is 2. The van der Waals surface area contributed by atoms with Crippen molar-refractivity contribution in [2.45, 2.75) is 40.5 Å². The van der Waals surface area contributed by atoms with Crippen molar-refractivity contribution >= 4 is 0 Å². The molecule has 0 spiro atoms. The Hall–Kier alpha value is -1.96. The molecule has 0 aliphatic heterocycles. The summed E-state index contributed by atoms with van der Waals surface area (Å²) < 4.78 is 0. The van der Waals surface area contributed by atoms with Crippen molar-refractivity contribution in [1.82, 2.24) is 0 Å². The van der Waals surface area contributed by atoms with Gasteiger partial charge in [0.1, 0.15) is 11.5 Å². The van der Waals surface area contributed by atoms with Gasteiger partial charge in [0, 0.05) is 0 Å². The predicted octanol–water partition coefficient (Wildman–Crippen LogP) is 4.53. The van der Waals surface area contributed by atoms with Crippen LogP contribution >= 0.6 is 0 Å². The average molecular weight is 272 g/mol. The van der Waals surface area contributed by atoms with Gasteiger partial charge >= 0.3 is 0 Å². The van der Waals surface area contributed by atoms with Gasteiger partial charge in [0.2, 0.25) is 0 Å². The predicted molar refractivity (Wildman–Crippen MR) is 84.4 cm³/mol. The van der Waals surface area contributed by atoms with Gasteiger partial charge in [0.05, 0.1) is 0 Å². The third-order valence-corrected chi connectivity index (χ3v) is 3.40. The first-order chi connectivity index (χ1) is 9.51. The highest BCUT2D eigenvalue weighted by molar-refractivity contribution is 5.40. The quantitative estimate of drug-likeness (QED) is 0.843. The van der Waals surface area contributed by atoms with E-state index in [4.69, 9.17) is 0 Å². The first-order valence-corrected chi connectivity index (χ1v) is 7.06. The van der Waals surface area contributed by atoms with Crippen LogP contribution in [0.1, 0.15) is 36.1 Å². The summed E-state index contributed by atoms with van der Waals surface area (Å²) in [5.74, 6) is 0.898. The van der Waals surface area contributed by atoms with Gasteiger partial charge in [0.25, 0.3) is 0 Å². The van der Waals surface area contributed by atoms with E-state index in [0.717, 1.165) is 35.1 Å². The molecule has 2 aromatic rings. The van der Waals surface area contributed by atoms with Gasteiger partial charge in [-0.15, -0.1) is 0 Å². The van der Waals surface area contributed by atoms with Crippen molar-refractivity contribution < 1.29 is 10.2 Å². The number of aromatic hydroxyl groups is 2. The number of aryl methyl sites for hydroxylation is 4. The van der Waals surface area contributed by atoms with Gasteiger partial charge in [0.15, 0.2) is 0 Å². The van der Waals surface area contributed by atoms with Crippen LogP contribution in [0.2, 0.25) is 0 Å². The van der Waals surface area contributed by atoms with E-state index in [1.165, 1.54) is 0 Å². The first kappa shape index (κ1) is 16.1. The van der Waals surface area contributed by atoms with Gasteiger partial charge in [-0.05, 0) is 48.9 Å². The Morgan fingerprint density at radius 3 is 1.45 bits per heavy atom. The SMILES string of the molecule is CCc1cccc(CC)c1O.Cc1cccc(C)c1O. The molecule has 0 aliphatic carbocycles. The molecule has 20 heavy (non-hydrogen) atoms. The number of rotatable bonds is 2. The van der Waals surface area contributed by atoms with E-state index in [0.29, 0.717) is 11.5 Å². The second-order valence-corrected chi connectivity index (χ2v) is 4.87. The summed E-state index contributed by atoms with van der Waals surface area (Å²) in [5.41, 5.74) is 3.97. The molecule has 2 aromatic carbocycles. The van der Waals surface area contributed by atoms with Crippen LogP contribution in [0, 0.1) is 13.8 Å². The van der Waals surface area contributed by atoms with Crippen LogP contribution in [0.3, 0.4) is 0 Å². The van der Waals surface area contributed by atoms with E-state index in [9.17, 15) is 10.2 Å². The molecule has 0 saturated heterocycles. The standard InChI is InChI=1S/C10H14O.C8H10O/c1-3-8-6-5-7-9(4-2)10(8)11;1-6-4-3-5-7(2)8(6)9/h5-7,11H,3-4H2,1-2H3;3-5,9H,1-2H3. The maximum absolute atomic E-state index is 9.59. The van der Waals surface area contributed by atoms with Crippen LogP contribution < -0.4 is 0 Å². The molecule has 2 heteroatoms. The zero-order valence-corrected chi connectivity index (χ0v) is 12.8. The number of hydrogen-bond donors (Lipinski definition) is 2. The third-order valence-electron chi connectivity index (χ3n) is 3.40. The topological polar surface area (TPSA) is 40.5 Å². The highest BCUT2D eigenvalue weighted by Crippen LogP contribution is 2.22. The summed E-state index contributed by atoms with van der Waals surface area (Å²) in [6, 6.07) is 11.6. The lowest BCUT2D eigenvalue weighted by atomic mass is 10.1. The summed E-state index contributed by atoms with van der Waals surface area (Å²) in [4.78, 5) is 0. The minimum absolute atomic E-state index is 0.414. The Labute approximate surface area is 121 Å². The molecule has 0 radical (unpaired) electrons. The van der Waals surface area contributed by atoms with Crippen molar-refractivity contribution in [2.75, 3.05) is 0 Å². The monoisotopic (exact) mass is 272 g/mol. The summed E-state index contributed by atoms with van der Waals surface area (Å²) in [7, 11) is 0. The molecule has 108 valence electrons. The molecule has 0 heterocycles. The fourth-order valence-corrected chi connectivity index (χ4v) is 2.02. The third kappa shape index (κ3) is 4.02. The molecule has 0 fully saturated rings. The second-order valence-electron chi connectivity index (χ2n) is 4.87. The van der Waals surface area contributed by atoms with E-state index < -0.39 is 0 Å². The van der Waals surface area contributed by atoms with Crippen LogP contribution in [-0.2, 0) is 12.8 Å². The van der Waals surface area contributed by atoms with Crippen molar-refractivity contribution in [3.63, 3.8) is 0 Å². The van der Waals surface area contributed by atoms with Crippen molar-refractivity contribution in [2.24, 2.45) is 0 Å². The molecule has 0 aromatic heterocycles. The Morgan fingerprint density at radius 1 is 0.700 bits per heavy atom. The fraction of sp³-hybridized carbons (Fsp3) is 0.333. The van der Waals surface area contributed by atoms with E-state index in [1.807, 2.05) is 50.2 Å². The molecule has 2 N–H and O–H groups in total. The summed E-state index contributed by atoms with van der Waals surface area (Å²) >= 11 is 0. The highest BCUT2D eigenvalue weighted by Gasteiger charge is 2.01. The largest absolute Gasteiger partial charge is 0.507 e. The molecule has 0 saturated carbocycles. The van der Waals surface area contributed by atoms with Gasteiger partial charge in [-0.25, -0.2) is 0 Å². The Morgan fingerprint density at radius 2 is 1.10 bits per heavy atom. The zero-order chi connectivity index (χ0) is 15.1. The van der Waals surface area contributed by atoms with Crippen LogP contribution in [0.5, 0.6) is 11.5 Å². The highest BCUT2D eigenvalue weighted by atomic mass is 16.3. The molecular formula is C18H24O2. The van der Waals surface area contributed by atoms with Crippen LogP contribution in [0.25, 0.3) is 0 Å². The second kappa shape index (κ2) is 7.59. The van der Waals surface area contributed by atoms with Crippen LogP contribution in [-0.4, -0.2) is 10.2 Å². The van der Waals surface area contributed by atoms with Gasteiger partial charge < -0.3 is 10.2 Å².